The van der Waals surface area contributed by atoms with Gasteiger partial charge in [0.15, 0.2) is 0 Å². The highest BCUT2D eigenvalue weighted by Crippen LogP contribution is 2.27. The summed E-state index contributed by atoms with van der Waals surface area (Å²) in [4.78, 5) is 15.4. The lowest BCUT2D eigenvalue weighted by Crippen LogP contribution is -2.44. The van der Waals surface area contributed by atoms with Crippen molar-refractivity contribution in [1.82, 2.24) is 10.6 Å². The maximum absolute atomic E-state index is 13.0. The third-order valence-electron chi connectivity index (χ3n) is 5.57. The van der Waals surface area contributed by atoms with Gasteiger partial charge in [0.1, 0.15) is 0 Å². The predicted octanol–water partition coefficient (Wildman–Crippen LogP) is 3.04. The second-order valence-electron chi connectivity index (χ2n) is 8.13. The predicted molar refractivity (Wildman–Crippen MR) is 125 cm³/mol. The first-order valence-corrected chi connectivity index (χ1v) is 12.2. The average Bonchev–Trinajstić information content (AvgIpc) is 2.75. The first kappa shape index (κ1) is 23.1. The van der Waals surface area contributed by atoms with Crippen molar-refractivity contribution >= 4 is 27.3 Å². The van der Waals surface area contributed by atoms with Gasteiger partial charge in [-0.05, 0) is 62.6 Å². The zero-order valence-corrected chi connectivity index (χ0v) is 19.5. The number of benzene rings is 2. The Labute approximate surface area is 185 Å². The van der Waals surface area contributed by atoms with Gasteiger partial charge in [-0.15, -0.1) is 0 Å². The molecule has 1 atom stereocenters. The van der Waals surface area contributed by atoms with Crippen LogP contribution in [-0.2, 0) is 10.0 Å². The van der Waals surface area contributed by atoms with Crippen LogP contribution < -0.4 is 20.3 Å². The first-order chi connectivity index (χ1) is 14.7. The van der Waals surface area contributed by atoms with Crippen molar-refractivity contribution in [2.24, 2.45) is 0 Å². The third-order valence-corrected chi connectivity index (χ3v) is 7.10. The molecular formula is C23H32N4O3S. The van der Waals surface area contributed by atoms with Crippen LogP contribution in [0.25, 0.3) is 0 Å². The van der Waals surface area contributed by atoms with Gasteiger partial charge in [0.25, 0.3) is 15.9 Å². The minimum Gasteiger partial charge on any atom is -0.368 e. The number of nitrogens with one attached hydrogen (secondary N) is 3. The zero-order valence-electron chi connectivity index (χ0n) is 18.7. The molecule has 0 saturated carbocycles. The Bertz CT molecular complexity index is 1050. The average molecular weight is 445 g/mol. The largest absolute Gasteiger partial charge is 0.368 e. The third kappa shape index (κ3) is 5.57. The normalized spacial score (nSPS) is 15.4. The number of piperazine rings is 1. The number of carbonyl (C=O) groups excluding carboxylic acids is 1. The molecule has 2 aromatic carbocycles. The van der Waals surface area contributed by atoms with Crippen LogP contribution in [0.1, 0.15) is 41.8 Å². The lowest BCUT2D eigenvalue weighted by molar-refractivity contribution is 0.0939. The SMILES string of the molecule is CC[C@H](C)NC(=O)c1cc(NS(=O)(=O)c2cc(C)ccc2C)ccc1N1CCNCC1. The van der Waals surface area contributed by atoms with Crippen LogP contribution in [0.5, 0.6) is 0 Å². The summed E-state index contributed by atoms with van der Waals surface area (Å²) < 4.78 is 28.7. The van der Waals surface area contributed by atoms with Gasteiger partial charge in [0.2, 0.25) is 0 Å². The van der Waals surface area contributed by atoms with Crippen LogP contribution in [0.2, 0.25) is 0 Å². The molecule has 1 saturated heterocycles. The summed E-state index contributed by atoms with van der Waals surface area (Å²) in [7, 11) is -3.78. The van der Waals surface area contributed by atoms with Gasteiger partial charge in [0.05, 0.1) is 10.5 Å². The molecule has 2 aromatic rings. The Morgan fingerprint density at radius 1 is 1.13 bits per heavy atom. The summed E-state index contributed by atoms with van der Waals surface area (Å²) in [6, 6.07) is 10.5. The summed E-state index contributed by atoms with van der Waals surface area (Å²) in [5.74, 6) is -0.198. The van der Waals surface area contributed by atoms with Crippen molar-refractivity contribution in [3.05, 3.63) is 53.1 Å². The number of rotatable bonds is 7. The Morgan fingerprint density at radius 3 is 2.52 bits per heavy atom. The molecule has 1 amide bonds. The standard InChI is InChI=1S/C23H32N4O3S/c1-5-18(4)25-23(28)20-15-19(8-9-21(20)27-12-10-24-11-13-27)26-31(29,30)22-14-16(2)6-7-17(22)3/h6-9,14-15,18,24,26H,5,10-13H2,1-4H3,(H,25,28)/t18-/m0/s1. The van der Waals surface area contributed by atoms with Crippen molar-refractivity contribution < 1.29 is 13.2 Å². The molecule has 168 valence electrons. The second-order valence-corrected chi connectivity index (χ2v) is 9.78. The Kier molecular flexibility index (Phi) is 7.23. The molecule has 3 rings (SSSR count). The molecule has 1 fully saturated rings. The van der Waals surface area contributed by atoms with Gasteiger partial charge in [-0.1, -0.05) is 19.1 Å². The number of hydrogen-bond donors (Lipinski definition) is 3. The fraction of sp³-hybridized carbons (Fsp3) is 0.435. The van der Waals surface area contributed by atoms with Gasteiger partial charge < -0.3 is 15.5 Å². The molecular weight excluding hydrogens is 412 g/mol. The van der Waals surface area contributed by atoms with Crippen molar-refractivity contribution in [1.29, 1.82) is 0 Å². The van der Waals surface area contributed by atoms with E-state index >= 15 is 0 Å². The van der Waals surface area contributed by atoms with Crippen molar-refractivity contribution in [2.45, 2.75) is 45.1 Å². The monoisotopic (exact) mass is 444 g/mol. The molecule has 1 aliphatic heterocycles. The van der Waals surface area contributed by atoms with Crippen LogP contribution >= 0.6 is 0 Å². The Hall–Kier alpha value is -2.58. The number of sulfonamides is 1. The lowest BCUT2D eigenvalue weighted by atomic mass is 10.1. The summed E-state index contributed by atoms with van der Waals surface area (Å²) in [5, 5.41) is 6.32. The molecule has 31 heavy (non-hydrogen) atoms. The van der Waals surface area contributed by atoms with E-state index in [1.807, 2.05) is 32.9 Å². The summed E-state index contributed by atoms with van der Waals surface area (Å²) >= 11 is 0. The van der Waals surface area contributed by atoms with E-state index in [-0.39, 0.29) is 16.8 Å². The minimum atomic E-state index is -3.78. The molecule has 3 N–H and O–H groups in total. The summed E-state index contributed by atoms with van der Waals surface area (Å²) in [5.41, 5.74) is 3.20. The molecule has 0 radical (unpaired) electrons. The van der Waals surface area contributed by atoms with E-state index in [0.717, 1.165) is 43.9 Å². The molecule has 7 nitrogen and oxygen atoms in total. The molecule has 0 aliphatic carbocycles. The fourth-order valence-corrected chi connectivity index (χ4v) is 4.95. The zero-order chi connectivity index (χ0) is 22.6. The number of nitrogens with zero attached hydrogens (tertiary/aromatic N) is 1. The maximum Gasteiger partial charge on any atom is 0.262 e. The molecule has 0 unspecified atom stereocenters. The molecule has 1 aliphatic rings. The van der Waals surface area contributed by atoms with Crippen LogP contribution in [0, 0.1) is 13.8 Å². The molecule has 0 aromatic heterocycles. The van der Waals surface area contributed by atoms with Gasteiger partial charge in [-0.2, -0.15) is 0 Å². The highest BCUT2D eigenvalue weighted by Gasteiger charge is 2.22. The van der Waals surface area contributed by atoms with E-state index in [1.54, 1.807) is 31.2 Å². The van der Waals surface area contributed by atoms with E-state index in [0.29, 0.717) is 16.8 Å². The van der Waals surface area contributed by atoms with Crippen LogP contribution in [0.4, 0.5) is 11.4 Å². The summed E-state index contributed by atoms with van der Waals surface area (Å²) in [6.07, 6.45) is 0.813. The van der Waals surface area contributed by atoms with Gasteiger partial charge >= 0.3 is 0 Å². The summed E-state index contributed by atoms with van der Waals surface area (Å²) in [6.45, 7) is 10.9. The van der Waals surface area contributed by atoms with Gasteiger partial charge in [0, 0.05) is 43.6 Å². The molecule has 0 spiro atoms. The topological polar surface area (TPSA) is 90.5 Å². The van der Waals surface area contributed by atoms with Crippen LogP contribution in [-0.4, -0.2) is 46.5 Å². The van der Waals surface area contributed by atoms with E-state index in [1.165, 1.54) is 0 Å². The Morgan fingerprint density at radius 2 is 1.84 bits per heavy atom. The number of hydrogen-bond acceptors (Lipinski definition) is 5. The van der Waals surface area contributed by atoms with E-state index in [4.69, 9.17) is 0 Å². The number of aryl methyl sites for hydroxylation is 2. The number of carbonyl (C=O) groups is 1. The smallest absolute Gasteiger partial charge is 0.262 e. The quantitative estimate of drug-likeness (QED) is 0.611. The highest BCUT2D eigenvalue weighted by atomic mass is 32.2. The minimum absolute atomic E-state index is 0.0265. The van der Waals surface area contributed by atoms with Crippen molar-refractivity contribution in [3.8, 4) is 0 Å². The van der Waals surface area contributed by atoms with Crippen molar-refractivity contribution in [3.63, 3.8) is 0 Å². The number of anilines is 2. The first-order valence-electron chi connectivity index (χ1n) is 10.7. The van der Waals surface area contributed by atoms with Gasteiger partial charge in [-0.25, -0.2) is 8.42 Å². The van der Waals surface area contributed by atoms with Crippen LogP contribution in [0.3, 0.4) is 0 Å². The lowest BCUT2D eigenvalue weighted by Gasteiger charge is -2.31. The maximum atomic E-state index is 13.0. The molecule has 8 heteroatoms. The molecule has 1 heterocycles. The highest BCUT2D eigenvalue weighted by molar-refractivity contribution is 7.92. The van der Waals surface area contributed by atoms with Crippen molar-refractivity contribution in [2.75, 3.05) is 35.8 Å². The van der Waals surface area contributed by atoms with Gasteiger partial charge in [-0.3, -0.25) is 9.52 Å². The molecule has 0 bridgehead atoms. The van der Waals surface area contributed by atoms with E-state index < -0.39 is 10.0 Å². The fourth-order valence-electron chi connectivity index (χ4n) is 3.57. The second kappa shape index (κ2) is 9.70. The van der Waals surface area contributed by atoms with Crippen LogP contribution in [0.15, 0.2) is 41.3 Å². The Balaban J connectivity index is 1.96. The van der Waals surface area contributed by atoms with E-state index in [9.17, 15) is 13.2 Å². The van der Waals surface area contributed by atoms with E-state index in [2.05, 4.69) is 20.3 Å². The number of amides is 1.